The maximum atomic E-state index is 13.1. The molecule has 0 saturated carbocycles. The van der Waals surface area contributed by atoms with Crippen molar-refractivity contribution in [3.63, 3.8) is 0 Å². The summed E-state index contributed by atoms with van der Waals surface area (Å²) in [6, 6.07) is 4.87. The molecule has 0 fully saturated rings. The van der Waals surface area contributed by atoms with E-state index in [0.717, 1.165) is 28.4 Å². The lowest BCUT2D eigenvalue weighted by Gasteiger charge is -2.06. The third-order valence-corrected chi connectivity index (χ3v) is 3.54. The van der Waals surface area contributed by atoms with Crippen molar-refractivity contribution in [2.24, 2.45) is 0 Å². The number of hydrogen-bond acceptors (Lipinski definition) is 3. The zero-order chi connectivity index (χ0) is 12.3. The maximum absolute atomic E-state index is 13.1. The van der Waals surface area contributed by atoms with Crippen molar-refractivity contribution in [1.82, 2.24) is 10.3 Å². The number of hydrogen-bond donors (Lipinski definition) is 1. The lowest BCUT2D eigenvalue weighted by molar-refractivity contribution is 0.618. The van der Waals surface area contributed by atoms with Crippen LogP contribution in [0.25, 0.3) is 0 Å². The van der Waals surface area contributed by atoms with Crippen molar-refractivity contribution in [2.45, 2.75) is 26.9 Å². The van der Waals surface area contributed by atoms with E-state index in [1.165, 1.54) is 6.07 Å². The Hall–Kier alpha value is -1.26. The first kappa shape index (κ1) is 12.2. The summed E-state index contributed by atoms with van der Waals surface area (Å²) in [6.45, 7) is 5.37. The highest BCUT2D eigenvalue weighted by Crippen LogP contribution is 2.11. The van der Waals surface area contributed by atoms with Gasteiger partial charge in [-0.1, -0.05) is 6.07 Å². The molecule has 1 N–H and O–H groups in total. The van der Waals surface area contributed by atoms with E-state index >= 15 is 0 Å². The Morgan fingerprint density at radius 3 is 2.82 bits per heavy atom. The number of thiazole rings is 1. The minimum atomic E-state index is -0.183. The molecule has 0 bridgehead atoms. The Balaban J connectivity index is 1.91. The van der Waals surface area contributed by atoms with Crippen molar-refractivity contribution < 1.29 is 4.39 Å². The number of aryl methyl sites for hydroxylation is 2. The summed E-state index contributed by atoms with van der Waals surface area (Å²) in [6.07, 6.45) is 0. The average molecular weight is 250 g/mol. The van der Waals surface area contributed by atoms with Crippen molar-refractivity contribution in [2.75, 3.05) is 0 Å². The van der Waals surface area contributed by atoms with Gasteiger partial charge in [0.25, 0.3) is 0 Å². The summed E-state index contributed by atoms with van der Waals surface area (Å²) in [4.78, 5) is 4.36. The van der Waals surface area contributed by atoms with E-state index in [0.29, 0.717) is 6.54 Å². The van der Waals surface area contributed by atoms with Crippen molar-refractivity contribution in [3.8, 4) is 0 Å². The lowest BCUT2D eigenvalue weighted by atomic mass is 10.1. The molecule has 1 heterocycles. The van der Waals surface area contributed by atoms with Crippen LogP contribution in [0.5, 0.6) is 0 Å². The zero-order valence-electron chi connectivity index (χ0n) is 9.96. The summed E-state index contributed by atoms with van der Waals surface area (Å²) in [5.41, 5.74) is 3.15. The Bertz CT molecular complexity index is 508. The van der Waals surface area contributed by atoms with Crippen LogP contribution in [0.4, 0.5) is 4.39 Å². The second-order valence-corrected chi connectivity index (χ2v) is 5.00. The van der Waals surface area contributed by atoms with E-state index < -0.39 is 0 Å². The molecular formula is C13H15FN2S. The lowest BCUT2D eigenvalue weighted by Crippen LogP contribution is -2.13. The quantitative estimate of drug-likeness (QED) is 0.901. The highest BCUT2D eigenvalue weighted by atomic mass is 32.1. The van der Waals surface area contributed by atoms with Crippen LogP contribution in [0.3, 0.4) is 0 Å². The van der Waals surface area contributed by atoms with Gasteiger partial charge in [0, 0.05) is 24.2 Å². The molecule has 0 aliphatic carbocycles. The second-order valence-electron chi connectivity index (χ2n) is 4.06. The van der Waals surface area contributed by atoms with Gasteiger partial charge in [0.05, 0.1) is 0 Å². The molecule has 0 unspecified atom stereocenters. The second kappa shape index (κ2) is 5.38. The van der Waals surface area contributed by atoms with E-state index in [1.807, 2.05) is 19.2 Å². The largest absolute Gasteiger partial charge is 0.306 e. The van der Waals surface area contributed by atoms with Gasteiger partial charge in [-0.05, 0) is 37.1 Å². The summed E-state index contributed by atoms with van der Waals surface area (Å²) < 4.78 is 13.1. The van der Waals surface area contributed by atoms with E-state index in [-0.39, 0.29) is 5.82 Å². The number of nitrogens with zero attached hydrogens (tertiary/aromatic N) is 1. The third kappa shape index (κ3) is 3.35. The van der Waals surface area contributed by atoms with Crippen molar-refractivity contribution in [1.29, 1.82) is 0 Å². The highest BCUT2D eigenvalue weighted by molar-refractivity contribution is 7.09. The van der Waals surface area contributed by atoms with Crippen LogP contribution < -0.4 is 5.32 Å². The first-order valence-electron chi connectivity index (χ1n) is 5.52. The van der Waals surface area contributed by atoms with Crippen molar-refractivity contribution >= 4 is 11.3 Å². The summed E-state index contributed by atoms with van der Waals surface area (Å²) >= 11 is 1.64. The first-order chi connectivity index (χ1) is 8.15. The number of halogens is 1. The minimum Gasteiger partial charge on any atom is -0.306 e. The molecule has 4 heteroatoms. The van der Waals surface area contributed by atoms with E-state index in [4.69, 9.17) is 0 Å². The Morgan fingerprint density at radius 2 is 2.12 bits per heavy atom. The predicted molar refractivity (Wildman–Crippen MR) is 68.5 cm³/mol. The molecule has 0 spiro atoms. The molecule has 2 rings (SSSR count). The smallest absolute Gasteiger partial charge is 0.123 e. The van der Waals surface area contributed by atoms with E-state index in [1.54, 1.807) is 23.5 Å². The summed E-state index contributed by atoms with van der Waals surface area (Å²) in [5.74, 6) is -0.183. The van der Waals surface area contributed by atoms with Gasteiger partial charge in [-0.15, -0.1) is 11.3 Å². The van der Waals surface area contributed by atoms with Crippen molar-refractivity contribution in [3.05, 3.63) is 51.2 Å². The van der Waals surface area contributed by atoms with Gasteiger partial charge in [0.1, 0.15) is 10.8 Å². The van der Waals surface area contributed by atoms with Gasteiger partial charge in [0.2, 0.25) is 0 Å². The van der Waals surface area contributed by atoms with Gasteiger partial charge in [-0.25, -0.2) is 9.37 Å². The number of rotatable bonds is 4. The summed E-state index contributed by atoms with van der Waals surface area (Å²) in [5, 5.41) is 6.38. The standard InChI is InChI=1S/C13H15FN2S/c1-9-3-4-12(14)5-11(9)6-15-7-13-16-10(2)8-17-13/h3-5,8,15H,6-7H2,1-2H3. The molecule has 0 radical (unpaired) electrons. The van der Waals surface area contributed by atoms with Crippen LogP contribution in [0.15, 0.2) is 23.6 Å². The highest BCUT2D eigenvalue weighted by Gasteiger charge is 2.02. The molecule has 0 saturated heterocycles. The topological polar surface area (TPSA) is 24.9 Å². The third-order valence-electron chi connectivity index (χ3n) is 2.57. The first-order valence-corrected chi connectivity index (χ1v) is 6.40. The number of nitrogens with one attached hydrogen (secondary N) is 1. The number of benzene rings is 1. The molecule has 17 heavy (non-hydrogen) atoms. The van der Waals surface area contributed by atoms with Crippen LogP contribution >= 0.6 is 11.3 Å². The van der Waals surface area contributed by atoms with E-state index in [2.05, 4.69) is 10.3 Å². The van der Waals surface area contributed by atoms with Crippen LogP contribution in [0.2, 0.25) is 0 Å². The molecule has 0 aliphatic heterocycles. The molecule has 2 nitrogen and oxygen atoms in total. The molecule has 90 valence electrons. The van der Waals surface area contributed by atoms with Crippen LogP contribution in [-0.4, -0.2) is 4.98 Å². The van der Waals surface area contributed by atoms with Crippen LogP contribution in [0, 0.1) is 19.7 Å². The molecule has 1 aromatic heterocycles. The minimum absolute atomic E-state index is 0.183. The molecule has 0 atom stereocenters. The van der Waals surface area contributed by atoms with E-state index in [9.17, 15) is 4.39 Å². The average Bonchev–Trinajstić information content (AvgIpc) is 2.69. The van der Waals surface area contributed by atoms with Gasteiger partial charge in [-0.2, -0.15) is 0 Å². The zero-order valence-corrected chi connectivity index (χ0v) is 10.8. The fraction of sp³-hybridized carbons (Fsp3) is 0.308. The SMILES string of the molecule is Cc1csc(CNCc2cc(F)ccc2C)n1. The van der Waals surface area contributed by atoms with Crippen LogP contribution in [0.1, 0.15) is 21.8 Å². The molecule has 0 amide bonds. The molecular weight excluding hydrogens is 235 g/mol. The Morgan fingerprint density at radius 1 is 1.29 bits per heavy atom. The Kier molecular flexibility index (Phi) is 3.86. The molecule has 0 aliphatic rings. The molecule has 2 aromatic rings. The predicted octanol–water partition coefficient (Wildman–Crippen LogP) is 3.19. The van der Waals surface area contributed by atoms with Gasteiger partial charge in [0.15, 0.2) is 0 Å². The normalized spacial score (nSPS) is 10.8. The van der Waals surface area contributed by atoms with Gasteiger partial charge >= 0.3 is 0 Å². The number of aromatic nitrogens is 1. The fourth-order valence-electron chi connectivity index (χ4n) is 1.62. The maximum Gasteiger partial charge on any atom is 0.123 e. The summed E-state index contributed by atoms with van der Waals surface area (Å²) in [7, 11) is 0. The Labute approximate surface area is 105 Å². The van der Waals surface area contributed by atoms with Gasteiger partial charge in [-0.3, -0.25) is 0 Å². The van der Waals surface area contributed by atoms with Gasteiger partial charge < -0.3 is 5.32 Å². The fourth-order valence-corrected chi connectivity index (χ4v) is 2.36. The monoisotopic (exact) mass is 250 g/mol. The van der Waals surface area contributed by atoms with Crippen LogP contribution in [-0.2, 0) is 13.1 Å². The molecule has 1 aromatic carbocycles.